The van der Waals surface area contributed by atoms with Gasteiger partial charge >= 0.3 is 6.61 Å². The maximum atomic E-state index is 12.0. The summed E-state index contributed by atoms with van der Waals surface area (Å²) in [5.74, 6) is -0.393. The molecule has 0 aliphatic rings. The second kappa shape index (κ2) is 6.16. The van der Waals surface area contributed by atoms with Crippen LogP contribution in [0.3, 0.4) is 0 Å². The van der Waals surface area contributed by atoms with Crippen molar-refractivity contribution in [3.63, 3.8) is 0 Å². The van der Waals surface area contributed by atoms with Crippen LogP contribution in [0, 0.1) is 0 Å². The quantitative estimate of drug-likeness (QED) is 0.857. The van der Waals surface area contributed by atoms with Crippen LogP contribution in [0.1, 0.15) is 6.92 Å². The first-order valence-electron chi connectivity index (χ1n) is 4.59. The highest BCUT2D eigenvalue weighted by Gasteiger charge is 2.12. The zero-order chi connectivity index (χ0) is 13.0. The Morgan fingerprint density at radius 2 is 2.18 bits per heavy atom. The Labute approximate surface area is 110 Å². The Morgan fingerprint density at radius 1 is 1.53 bits per heavy atom. The van der Waals surface area contributed by atoms with Crippen LogP contribution >= 0.6 is 27.5 Å². The number of hydrogen-bond donors (Lipinski definition) is 1. The van der Waals surface area contributed by atoms with E-state index in [1.807, 2.05) is 0 Å². The zero-order valence-electron chi connectivity index (χ0n) is 8.72. The smallest absolute Gasteiger partial charge is 0.387 e. The van der Waals surface area contributed by atoms with Crippen LogP contribution in [0.5, 0.6) is 5.75 Å². The summed E-state index contributed by atoms with van der Waals surface area (Å²) in [5, 5.41) is 2.55. The van der Waals surface area contributed by atoms with Gasteiger partial charge in [0.25, 0.3) is 0 Å². The Balaban J connectivity index is 2.78. The van der Waals surface area contributed by atoms with E-state index in [1.54, 1.807) is 6.92 Å². The van der Waals surface area contributed by atoms with E-state index in [2.05, 4.69) is 26.0 Å². The number of ether oxygens (including phenoxy) is 1. The summed E-state index contributed by atoms with van der Waals surface area (Å²) in [6.07, 6.45) is 0. The largest absolute Gasteiger partial charge is 0.433 e. The van der Waals surface area contributed by atoms with Crippen molar-refractivity contribution in [3.8, 4) is 5.75 Å². The minimum absolute atomic E-state index is 0.00493. The fraction of sp³-hybridized carbons (Fsp3) is 0.300. The van der Waals surface area contributed by atoms with Crippen LogP contribution < -0.4 is 10.1 Å². The van der Waals surface area contributed by atoms with Crippen molar-refractivity contribution in [3.05, 3.63) is 23.2 Å². The summed E-state index contributed by atoms with van der Waals surface area (Å²) >= 11 is 8.81. The monoisotopic (exact) mass is 327 g/mol. The summed E-state index contributed by atoms with van der Waals surface area (Å²) in [7, 11) is 0. The molecule has 0 fully saturated rings. The minimum atomic E-state index is -2.93. The van der Waals surface area contributed by atoms with Gasteiger partial charge in [0.1, 0.15) is 5.75 Å². The SMILES string of the molecule is CC(Br)C(=O)Nc1ccc(OC(F)F)c(Cl)c1. The molecule has 0 saturated heterocycles. The molecule has 1 unspecified atom stereocenters. The molecule has 0 aliphatic heterocycles. The van der Waals surface area contributed by atoms with Crippen molar-refractivity contribution in [1.29, 1.82) is 0 Å². The first-order chi connectivity index (χ1) is 7.90. The van der Waals surface area contributed by atoms with Crippen molar-refractivity contribution in [2.75, 3.05) is 5.32 Å². The highest BCUT2D eigenvalue weighted by molar-refractivity contribution is 9.10. The lowest BCUT2D eigenvalue weighted by molar-refractivity contribution is -0.115. The predicted molar refractivity (Wildman–Crippen MR) is 65.1 cm³/mol. The molecule has 7 heteroatoms. The molecule has 1 amide bonds. The second-order valence-electron chi connectivity index (χ2n) is 3.13. The van der Waals surface area contributed by atoms with Gasteiger partial charge in [-0.25, -0.2) is 0 Å². The predicted octanol–water partition coefficient (Wildman–Crippen LogP) is 3.66. The molecule has 1 aromatic carbocycles. The van der Waals surface area contributed by atoms with Crippen molar-refractivity contribution in [2.24, 2.45) is 0 Å². The van der Waals surface area contributed by atoms with Gasteiger partial charge in [0, 0.05) is 5.69 Å². The Kier molecular flexibility index (Phi) is 5.14. The highest BCUT2D eigenvalue weighted by Crippen LogP contribution is 2.29. The average Bonchev–Trinajstić information content (AvgIpc) is 2.21. The van der Waals surface area contributed by atoms with Gasteiger partial charge < -0.3 is 10.1 Å². The van der Waals surface area contributed by atoms with Crippen molar-refractivity contribution in [1.82, 2.24) is 0 Å². The fourth-order valence-electron chi connectivity index (χ4n) is 1.01. The summed E-state index contributed by atoms with van der Waals surface area (Å²) in [6, 6.07) is 4.03. The number of halogens is 4. The minimum Gasteiger partial charge on any atom is -0.433 e. The lowest BCUT2D eigenvalue weighted by Crippen LogP contribution is -2.19. The molecular formula is C10H9BrClF2NO2. The van der Waals surface area contributed by atoms with Gasteiger partial charge in [-0.3, -0.25) is 4.79 Å². The van der Waals surface area contributed by atoms with Crippen molar-refractivity contribution >= 4 is 39.1 Å². The number of amides is 1. The second-order valence-corrected chi connectivity index (χ2v) is 4.91. The summed E-state index contributed by atoms with van der Waals surface area (Å²) in [6.45, 7) is -1.28. The Morgan fingerprint density at radius 3 is 2.65 bits per heavy atom. The number of alkyl halides is 3. The van der Waals surface area contributed by atoms with E-state index >= 15 is 0 Å². The average molecular weight is 329 g/mol. The van der Waals surface area contributed by atoms with Crippen LogP contribution in [-0.2, 0) is 4.79 Å². The van der Waals surface area contributed by atoms with Crippen molar-refractivity contribution in [2.45, 2.75) is 18.4 Å². The molecule has 1 atom stereocenters. The number of carbonyl (C=O) groups excluding carboxylic acids is 1. The molecule has 17 heavy (non-hydrogen) atoms. The normalized spacial score (nSPS) is 12.4. The van der Waals surface area contributed by atoms with Gasteiger partial charge in [-0.15, -0.1) is 0 Å². The molecule has 0 saturated carbocycles. The third-order valence-corrected chi connectivity index (χ3v) is 2.49. The van der Waals surface area contributed by atoms with Gasteiger partial charge in [-0.1, -0.05) is 27.5 Å². The number of rotatable bonds is 4. The van der Waals surface area contributed by atoms with Crippen LogP contribution in [-0.4, -0.2) is 17.3 Å². The molecule has 94 valence electrons. The molecule has 0 bridgehead atoms. The molecule has 0 aromatic heterocycles. The van der Waals surface area contributed by atoms with Crippen LogP contribution in [0.15, 0.2) is 18.2 Å². The lowest BCUT2D eigenvalue weighted by Gasteiger charge is -2.10. The van der Waals surface area contributed by atoms with Gasteiger partial charge in [-0.05, 0) is 25.1 Å². The lowest BCUT2D eigenvalue weighted by atomic mass is 10.3. The molecule has 3 nitrogen and oxygen atoms in total. The Hall–Kier alpha value is -0.880. The van der Waals surface area contributed by atoms with E-state index in [-0.39, 0.29) is 21.5 Å². The van der Waals surface area contributed by atoms with Gasteiger partial charge in [0.05, 0.1) is 9.85 Å². The first-order valence-corrected chi connectivity index (χ1v) is 5.89. The van der Waals surface area contributed by atoms with E-state index in [0.29, 0.717) is 5.69 Å². The molecule has 1 rings (SSSR count). The number of hydrogen-bond acceptors (Lipinski definition) is 2. The number of benzene rings is 1. The van der Waals surface area contributed by atoms with E-state index in [4.69, 9.17) is 11.6 Å². The van der Waals surface area contributed by atoms with E-state index in [9.17, 15) is 13.6 Å². The molecule has 1 aromatic rings. The van der Waals surface area contributed by atoms with Crippen molar-refractivity contribution < 1.29 is 18.3 Å². The van der Waals surface area contributed by atoms with Gasteiger partial charge in [0.15, 0.2) is 0 Å². The number of nitrogens with one attached hydrogen (secondary N) is 1. The molecule has 0 spiro atoms. The maximum Gasteiger partial charge on any atom is 0.387 e. The molecular weight excluding hydrogens is 319 g/mol. The third kappa shape index (κ3) is 4.47. The summed E-state index contributed by atoms with van der Waals surface area (Å²) < 4.78 is 28.1. The van der Waals surface area contributed by atoms with Crippen LogP contribution in [0.25, 0.3) is 0 Å². The summed E-state index contributed by atoms with van der Waals surface area (Å²) in [4.78, 5) is 11.0. The third-order valence-electron chi connectivity index (χ3n) is 1.78. The zero-order valence-corrected chi connectivity index (χ0v) is 11.1. The summed E-state index contributed by atoms with van der Waals surface area (Å²) in [5.41, 5.74) is 0.410. The van der Waals surface area contributed by atoms with Gasteiger partial charge in [-0.2, -0.15) is 8.78 Å². The topological polar surface area (TPSA) is 38.3 Å². The van der Waals surface area contributed by atoms with E-state index in [0.717, 1.165) is 0 Å². The highest BCUT2D eigenvalue weighted by atomic mass is 79.9. The fourth-order valence-corrected chi connectivity index (χ4v) is 1.35. The van der Waals surface area contributed by atoms with E-state index < -0.39 is 6.61 Å². The molecule has 0 heterocycles. The van der Waals surface area contributed by atoms with Crippen LogP contribution in [0.4, 0.5) is 14.5 Å². The Bertz CT molecular complexity index is 415. The molecule has 0 radical (unpaired) electrons. The van der Waals surface area contributed by atoms with Gasteiger partial charge in [0.2, 0.25) is 5.91 Å². The number of anilines is 1. The first kappa shape index (κ1) is 14.2. The maximum absolute atomic E-state index is 12.0. The standard InChI is InChI=1S/C10H9BrClF2NO2/c1-5(11)9(16)15-6-2-3-8(7(12)4-6)17-10(13)14/h2-5,10H,1H3,(H,15,16). The van der Waals surface area contributed by atoms with Crippen LogP contribution in [0.2, 0.25) is 5.02 Å². The number of carbonyl (C=O) groups is 1. The molecule has 1 N–H and O–H groups in total. The van der Waals surface area contributed by atoms with E-state index in [1.165, 1.54) is 18.2 Å². The molecule has 0 aliphatic carbocycles.